The van der Waals surface area contributed by atoms with Crippen molar-refractivity contribution in [1.82, 2.24) is 15.5 Å². The highest BCUT2D eigenvalue weighted by Crippen LogP contribution is 2.44. The molecule has 0 bridgehead atoms. The van der Waals surface area contributed by atoms with Gasteiger partial charge in [0.15, 0.2) is 0 Å². The standard InChI is InChI=1S/C30H33N3O5/c1-20(16-28(34)32-27(29(35)36)18-33(2)17-21-10-4-3-5-11-21)31-30(37)38-19-26-24-14-8-6-12-22(24)23-13-7-9-15-25(23)26/h3-15,20,26-27H,16-19H2,1-2H3,(H,31,37)(H,32,34)(H,35,36)/t20-,27?/m0/s1. The third kappa shape index (κ3) is 6.77. The number of nitrogens with one attached hydrogen (secondary N) is 2. The van der Waals surface area contributed by atoms with E-state index in [-0.39, 0.29) is 25.5 Å². The number of amides is 2. The van der Waals surface area contributed by atoms with Crippen LogP contribution < -0.4 is 10.6 Å². The van der Waals surface area contributed by atoms with E-state index in [1.165, 1.54) is 0 Å². The van der Waals surface area contributed by atoms with Gasteiger partial charge in [-0.05, 0) is 41.8 Å². The van der Waals surface area contributed by atoms with E-state index < -0.39 is 30.1 Å². The number of carboxylic acid groups (broad SMARTS) is 1. The van der Waals surface area contributed by atoms with Gasteiger partial charge in [0.2, 0.25) is 5.91 Å². The Balaban J connectivity index is 1.25. The number of carboxylic acids is 1. The van der Waals surface area contributed by atoms with Crippen molar-refractivity contribution in [2.24, 2.45) is 0 Å². The Kier molecular flexibility index (Phi) is 8.76. The maximum absolute atomic E-state index is 12.5. The highest BCUT2D eigenvalue weighted by molar-refractivity contribution is 5.84. The van der Waals surface area contributed by atoms with Gasteiger partial charge < -0.3 is 20.5 Å². The SMILES string of the molecule is C[C@@H](CC(=O)NC(CN(C)Cc1ccccc1)C(=O)O)NC(=O)OCC1c2ccccc2-c2ccccc21. The minimum atomic E-state index is -1.12. The molecule has 0 spiro atoms. The molecule has 1 aliphatic carbocycles. The summed E-state index contributed by atoms with van der Waals surface area (Å²) in [4.78, 5) is 38.6. The first-order chi connectivity index (χ1) is 18.3. The van der Waals surface area contributed by atoms with Gasteiger partial charge in [-0.1, -0.05) is 78.9 Å². The molecule has 0 fully saturated rings. The molecule has 0 saturated heterocycles. The van der Waals surface area contributed by atoms with Crippen LogP contribution in [0.25, 0.3) is 11.1 Å². The zero-order chi connectivity index (χ0) is 27.1. The topological polar surface area (TPSA) is 108 Å². The maximum atomic E-state index is 12.5. The molecule has 0 aliphatic heterocycles. The summed E-state index contributed by atoms with van der Waals surface area (Å²) in [5.41, 5.74) is 5.57. The minimum Gasteiger partial charge on any atom is -0.480 e. The molecular formula is C30H33N3O5. The van der Waals surface area contributed by atoms with E-state index in [2.05, 4.69) is 22.8 Å². The first kappa shape index (κ1) is 26.9. The molecule has 8 nitrogen and oxygen atoms in total. The third-order valence-electron chi connectivity index (χ3n) is 6.62. The van der Waals surface area contributed by atoms with Crippen molar-refractivity contribution >= 4 is 18.0 Å². The molecule has 4 rings (SSSR count). The number of benzene rings is 3. The van der Waals surface area contributed by atoms with Crippen LogP contribution in [0.1, 0.15) is 36.0 Å². The number of ether oxygens (including phenoxy) is 1. The van der Waals surface area contributed by atoms with Gasteiger partial charge in [0.1, 0.15) is 12.6 Å². The first-order valence-electron chi connectivity index (χ1n) is 12.7. The van der Waals surface area contributed by atoms with E-state index in [4.69, 9.17) is 4.74 Å². The van der Waals surface area contributed by atoms with Crippen LogP contribution in [0.4, 0.5) is 4.79 Å². The van der Waals surface area contributed by atoms with Crippen LogP contribution in [-0.2, 0) is 20.9 Å². The number of carbonyl (C=O) groups excluding carboxylic acids is 2. The summed E-state index contributed by atoms with van der Waals surface area (Å²) >= 11 is 0. The van der Waals surface area contributed by atoms with Crippen molar-refractivity contribution in [1.29, 1.82) is 0 Å². The Morgan fingerprint density at radius 2 is 1.47 bits per heavy atom. The molecule has 2 amide bonds. The van der Waals surface area contributed by atoms with Crippen molar-refractivity contribution in [3.8, 4) is 11.1 Å². The Bertz CT molecular complexity index is 1230. The lowest BCUT2D eigenvalue weighted by Crippen LogP contribution is -2.49. The molecule has 1 unspecified atom stereocenters. The summed E-state index contributed by atoms with van der Waals surface area (Å²) in [6, 6.07) is 24.2. The summed E-state index contributed by atoms with van der Waals surface area (Å²) in [6.45, 7) is 2.55. The lowest BCUT2D eigenvalue weighted by molar-refractivity contribution is -0.142. The van der Waals surface area contributed by atoms with Gasteiger partial charge in [-0.25, -0.2) is 9.59 Å². The fraction of sp³-hybridized carbons (Fsp3) is 0.300. The molecule has 198 valence electrons. The molecule has 8 heteroatoms. The quantitative estimate of drug-likeness (QED) is 0.356. The number of alkyl carbamates (subject to hydrolysis) is 1. The first-order valence-corrected chi connectivity index (χ1v) is 12.7. The van der Waals surface area contributed by atoms with Crippen molar-refractivity contribution < 1.29 is 24.2 Å². The highest BCUT2D eigenvalue weighted by atomic mass is 16.5. The lowest BCUT2D eigenvalue weighted by Gasteiger charge is -2.23. The Morgan fingerprint density at radius 1 is 0.895 bits per heavy atom. The second kappa shape index (κ2) is 12.4. The van der Waals surface area contributed by atoms with Crippen LogP contribution in [0.15, 0.2) is 78.9 Å². The number of fused-ring (bicyclic) bond motifs is 3. The molecule has 2 atom stereocenters. The minimum absolute atomic E-state index is 0.0593. The van der Waals surface area contributed by atoms with Gasteiger partial charge in [-0.2, -0.15) is 0 Å². The molecule has 1 aliphatic rings. The fourth-order valence-electron chi connectivity index (χ4n) is 4.88. The molecule has 3 aromatic carbocycles. The average Bonchev–Trinajstić information content (AvgIpc) is 3.21. The number of hydrogen-bond acceptors (Lipinski definition) is 5. The number of likely N-dealkylation sites (N-methyl/N-ethyl adjacent to an activating group) is 1. The summed E-state index contributed by atoms with van der Waals surface area (Å²) < 4.78 is 5.54. The van der Waals surface area contributed by atoms with Crippen LogP contribution in [0, 0.1) is 0 Å². The predicted octanol–water partition coefficient (Wildman–Crippen LogP) is 4.01. The van der Waals surface area contributed by atoms with Crippen LogP contribution in [0.3, 0.4) is 0 Å². The van der Waals surface area contributed by atoms with E-state index in [0.29, 0.717) is 6.54 Å². The zero-order valence-corrected chi connectivity index (χ0v) is 21.6. The van der Waals surface area contributed by atoms with Crippen LogP contribution in [0.5, 0.6) is 0 Å². The molecule has 3 N–H and O–H groups in total. The number of aliphatic carboxylic acids is 1. The smallest absolute Gasteiger partial charge is 0.407 e. The van der Waals surface area contributed by atoms with Crippen LogP contribution in [-0.4, -0.2) is 60.3 Å². The summed E-state index contributed by atoms with van der Waals surface area (Å²) in [7, 11) is 1.80. The molecule has 38 heavy (non-hydrogen) atoms. The Morgan fingerprint density at radius 3 is 2.08 bits per heavy atom. The van der Waals surface area contributed by atoms with E-state index in [1.54, 1.807) is 14.0 Å². The van der Waals surface area contributed by atoms with E-state index in [1.807, 2.05) is 71.6 Å². The van der Waals surface area contributed by atoms with Crippen molar-refractivity contribution in [2.75, 3.05) is 20.2 Å². The van der Waals surface area contributed by atoms with E-state index in [0.717, 1.165) is 27.8 Å². The monoisotopic (exact) mass is 515 g/mol. The fourth-order valence-corrected chi connectivity index (χ4v) is 4.88. The number of hydrogen-bond donors (Lipinski definition) is 3. The zero-order valence-electron chi connectivity index (χ0n) is 21.6. The summed E-state index contributed by atoms with van der Waals surface area (Å²) in [5.74, 6) is -1.64. The molecule has 3 aromatic rings. The number of nitrogens with zero attached hydrogens (tertiary/aromatic N) is 1. The molecule has 0 radical (unpaired) electrons. The van der Waals surface area contributed by atoms with Gasteiger partial charge in [0.25, 0.3) is 0 Å². The second-order valence-corrected chi connectivity index (χ2v) is 9.72. The molecule has 0 heterocycles. The molecular weight excluding hydrogens is 482 g/mol. The van der Waals surface area contributed by atoms with Crippen molar-refractivity contribution in [3.63, 3.8) is 0 Å². The average molecular weight is 516 g/mol. The Labute approximate surface area is 222 Å². The van der Waals surface area contributed by atoms with Crippen LogP contribution in [0.2, 0.25) is 0 Å². The maximum Gasteiger partial charge on any atom is 0.407 e. The van der Waals surface area contributed by atoms with Gasteiger partial charge in [-0.15, -0.1) is 0 Å². The van der Waals surface area contributed by atoms with Gasteiger partial charge >= 0.3 is 12.1 Å². The van der Waals surface area contributed by atoms with Crippen molar-refractivity contribution in [2.45, 2.75) is 37.9 Å². The normalized spacial score (nSPS) is 13.8. The van der Waals surface area contributed by atoms with Crippen molar-refractivity contribution in [3.05, 3.63) is 95.6 Å². The summed E-state index contributed by atoms with van der Waals surface area (Å²) in [6.07, 6.45) is -0.694. The molecule has 0 aromatic heterocycles. The van der Waals surface area contributed by atoms with E-state index >= 15 is 0 Å². The summed E-state index contributed by atoms with van der Waals surface area (Å²) in [5, 5.41) is 14.8. The van der Waals surface area contributed by atoms with Gasteiger partial charge in [0, 0.05) is 31.5 Å². The van der Waals surface area contributed by atoms with Gasteiger partial charge in [-0.3, -0.25) is 9.69 Å². The second-order valence-electron chi connectivity index (χ2n) is 9.72. The van der Waals surface area contributed by atoms with Gasteiger partial charge in [0.05, 0.1) is 0 Å². The lowest BCUT2D eigenvalue weighted by atomic mass is 9.98. The van der Waals surface area contributed by atoms with E-state index in [9.17, 15) is 19.5 Å². The largest absolute Gasteiger partial charge is 0.480 e. The number of carbonyl (C=O) groups is 3. The Hall–Kier alpha value is -4.17. The third-order valence-corrected chi connectivity index (χ3v) is 6.62. The van der Waals surface area contributed by atoms with Crippen LogP contribution >= 0.6 is 0 Å². The predicted molar refractivity (Wildman–Crippen MR) is 145 cm³/mol. The highest BCUT2D eigenvalue weighted by Gasteiger charge is 2.29. The molecule has 0 saturated carbocycles. The number of rotatable bonds is 11.